The first-order valence-electron chi connectivity index (χ1n) is 4.43. The molecule has 0 spiro atoms. The summed E-state index contributed by atoms with van der Waals surface area (Å²) in [6.45, 7) is 2.88. The van der Waals surface area contributed by atoms with Gasteiger partial charge in [0.2, 0.25) is 0 Å². The Morgan fingerprint density at radius 1 is 1.43 bits per heavy atom. The predicted octanol–water partition coefficient (Wildman–Crippen LogP) is 2.73. The van der Waals surface area contributed by atoms with Crippen molar-refractivity contribution in [2.45, 2.75) is 13.0 Å². The third kappa shape index (κ3) is 1.86. The van der Waals surface area contributed by atoms with E-state index in [1.165, 1.54) is 0 Å². The molecule has 1 aromatic rings. The van der Waals surface area contributed by atoms with Crippen molar-refractivity contribution < 1.29 is 0 Å². The molecule has 1 aliphatic rings. The van der Waals surface area contributed by atoms with Crippen molar-refractivity contribution in [2.75, 3.05) is 6.54 Å². The van der Waals surface area contributed by atoms with E-state index >= 15 is 0 Å². The van der Waals surface area contributed by atoms with Crippen LogP contribution in [0.2, 0.25) is 10.0 Å². The molecule has 2 rings (SSSR count). The Bertz CT molecular complexity index is 388. The molecule has 0 bridgehead atoms. The zero-order valence-electron chi connectivity index (χ0n) is 7.72. The summed E-state index contributed by atoms with van der Waals surface area (Å²) in [5.41, 5.74) is 0.917. The maximum Gasteiger partial charge on any atom is 0.130 e. The lowest BCUT2D eigenvalue weighted by atomic mass is 10.2. The van der Waals surface area contributed by atoms with Gasteiger partial charge in [-0.05, 0) is 25.1 Å². The molecule has 1 unspecified atom stereocenters. The number of rotatable bonds is 1. The highest BCUT2D eigenvalue weighted by Gasteiger charge is 2.16. The Hall–Kier alpha value is -0.730. The Labute approximate surface area is 92.9 Å². The smallest absolute Gasteiger partial charge is 0.130 e. The van der Waals surface area contributed by atoms with E-state index in [1.54, 1.807) is 6.07 Å². The van der Waals surface area contributed by atoms with Crippen LogP contribution in [0.25, 0.3) is 0 Å². The first-order chi connectivity index (χ1) is 6.66. The number of nitrogens with zero attached hydrogens (tertiary/aromatic N) is 1. The summed E-state index contributed by atoms with van der Waals surface area (Å²) in [5.74, 6) is 0.860. The van der Waals surface area contributed by atoms with E-state index in [2.05, 4.69) is 17.2 Å². The highest BCUT2D eigenvalue weighted by atomic mass is 35.5. The van der Waals surface area contributed by atoms with E-state index in [0.717, 1.165) is 17.9 Å². The zero-order valence-corrected chi connectivity index (χ0v) is 9.23. The maximum absolute atomic E-state index is 6.05. The van der Waals surface area contributed by atoms with Crippen LogP contribution in [0.3, 0.4) is 0 Å². The first kappa shape index (κ1) is 9.81. The largest absolute Gasteiger partial charge is 0.366 e. The maximum atomic E-state index is 6.05. The average molecular weight is 229 g/mol. The Morgan fingerprint density at radius 2 is 2.21 bits per heavy atom. The van der Waals surface area contributed by atoms with Gasteiger partial charge in [-0.1, -0.05) is 23.2 Å². The van der Waals surface area contributed by atoms with Crippen LogP contribution in [0.15, 0.2) is 23.2 Å². The molecule has 4 heteroatoms. The first-order valence-corrected chi connectivity index (χ1v) is 5.19. The molecule has 0 radical (unpaired) electrons. The molecule has 1 heterocycles. The standard InChI is InChI=1S/C10H10Cl2N2/c1-6-5-13-10(14-6)8-3-2-7(11)4-9(8)12/h2-4,6H,5H2,1H3,(H,13,14). The van der Waals surface area contributed by atoms with Crippen molar-refractivity contribution in [3.05, 3.63) is 33.8 Å². The molecule has 0 saturated heterocycles. The quantitative estimate of drug-likeness (QED) is 0.786. The summed E-state index contributed by atoms with van der Waals surface area (Å²) in [7, 11) is 0. The van der Waals surface area contributed by atoms with Gasteiger partial charge in [-0.25, -0.2) is 0 Å². The molecular formula is C10H10Cl2N2. The van der Waals surface area contributed by atoms with Gasteiger partial charge >= 0.3 is 0 Å². The second-order valence-corrected chi connectivity index (χ2v) is 4.20. The minimum Gasteiger partial charge on any atom is -0.366 e. The number of hydrogen-bond donors (Lipinski definition) is 1. The van der Waals surface area contributed by atoms with Gasteiger partial charge in [-0.2, -0.15) is 0 Å². The van der Waals surface area contributed by atoms with Gasteiger partial charge in [-0.3, -0.25) is 4.99 Å². The van der Waals surface area contributed by atoms with Gasteiger partial charge in [0.15, 0.2) is 0 Å². The normalized spacial score (nSPS) is 20.5. The van der Waals surface area contributed by atoms with Crippen molar-refractivity contribution in [2.24, 2.45) is 4.99 Å². The van der Waals surface area contributed by atoms with Crippen LogP contribution >= 0.6 is 23.2 Å². The number of nitrogens with one attached hydrogen (secondary N) is 1. The van der Waals surface area contributed by atoms with Crippen molar-refractivity contribution in [3.8, 4) is 0 Å². The molecular weight excluding hydrogens is 219 g/mol. The van der Waals surface area contributed by atoms with Gasteiger partial charge in [0.25, 0.3) is 0 Å². The van der Waals surface area contributed by atoms with Crippen molar-refractivity contribution in [3.63, 3.8) is 0 Å². The van der Waals surface area contributed by atoms with Gasteiger partial charge in [0.05, 0.1) is 11.6 Å². The van der Waals surface area contributed by atoms with Crippen LogP contribution in [-0.4, -0.2) is 18.4 Å². The summed E-state index contributed by atoms with van der Waals surface area (Å²) in [5, 5.41) is 4.53. The molecule has 1 atom stereocenters. The molecule has 0 aliphatic carbocycles. The van der Waals surface area contributed by atoms with Crippen molar-refractivity contribution >= 4 is 29.0 Å². The third-order valence-corrected chi connectivity index (χ3v) is 2.64. The number of amidine groups is 1. The van der Waals surface area contributed by atoms with Gasteiger partial charge in [0.1, 0.15) is 5.84 Å². The topological polar surface area (TPSA) is 24.4 Å². The highest BCUT2D eigenvalue weighted by molar-refractivity contribution is 6.37. The summed E-state index contributed by atoms with van der Waals surface area (Å²) < 4.78 is 0. The van der Waals surface area contributed by atoms with Crippen LogP contribution in [0.4, 0.5) is 0 Å². The number of hydrogen-bond acceptors (Lipinski definition) is 2. The minimum absolute atomic E-state index is 0.386. The molecule has 1 aromatic carbocycles. The fourth-order valence-corrected chi connectivity index (χ4v) is 1.90. The molecule has 1 aliphatic heterocycles. The molecule has 14 heavy (non-hydrogen) atoms. The van der Waals surface area contributed by atoms with Crippen LogP contribution in [0.1, 0.15) is 12.5 Å². The molecule has 0 aromatic heterocycles. The van der Waals surface area contributed by atoms with E-state index in [9.17, 15) is 0 Å². The highest BCUT2D eigenvalue weighted by Crippen LogP contribution is 2.22. The summed E-state index contributed by atoms with van der Waals surface area (Å²) >= 11 is 11.9. The molecule has 2 nitrogen and oxygen atoms in total. The Balaban J connectivity index is 2.33. The lowest BCUT2D eigenvalue weighted by Gasteiger charge is -2.07. The molecule has 0 amide bonds. The van der Waals surface area contributed by atoms with E-state index in [0.29, 0.717) is 16.1 Å². The summed E-state index contributed by atoms with van der Waals surface area (Å²) in [4.78, 5) is 4.36. The predicted molar refractivity (Wildman–Crippen MR) is 60.5 cm³/mol. The van der Waals surface area contributed by atoms with E-state index in [4.69, 9.17) is 23.2 Å². The fraction of sp³-hybridized carbons (Fsp3) is 0.300. The Morgan fingerprint density at radius 3 is 2.79 bits per heavy atom. The molecule has 1 N–H and O–H groups in total. The number of halogens is 2. The van der Waals surface area contributed by atoms with Gasteiger partial charge in [-0.15, -0.1) is 0 Å². The second-order valence-electron chi connectivity index (χ2n) is 3.36. The third-order valence-electron chi connectivity index (χ3n) is 2.09. The SMILES string of the molecule is CC1CN=C(c2ccc(Cl)cc2Cl)N1. The fourth-order valence-electron chi connectivity index (χ4n) is 1.40. The van der Waals surface area contributed by atoms with Gasteiger partial charge < -0.3 is 5.32 Å². The van der Waals surface area contributed by atoms with Crippen LogP contribution in [0.5, 0.6) is 0 Å². The number of aliphatic imine (C=N–C) groups is 1. The van der Waals surface area contributed by atoms with E-state index < -0.39 is 0 Å². The van der Waals surface area contributed by atoms with Crippen LogP contribution in [-0.2, 0) is 0 Å². The summed E-state index contributed by atoms with van der Waals surface area (Å²) in [6.07, 6.45) is 0. The lowest BCUT2D eigenvalue weighted by Crippen LogP contribution is -2.27. The zero-order chi connectivity index (χ0) is 10.1. The second kappa shape index (κ2) is 3.79. The van der Waals surface area contributed by atoms with E-state index in [-0.39, 0.29) is 0 Å². The molecule has 0 saturated carbocycles. The molecule has 0 fully saturated rings. The van der Waals surface area contributed by atoms with Crippen molar-refractivity contribution in [1.82, 2.24) is 5.32 Å². The lowest BCUT2D eigenvalue weighted by molar-refractivity contribution is 0.726. The number of benzene rings is 1. The summed E-state index contributed by atoms with van der Waals surface area (Å²) in [6, 6.07) is 5.81. The van der Waals surface area contributed by atoms with Crippen LogP contribution < -0.4 is 5.32 Å². The van der Waals surface area contributed by atoms with Gasteiger partial charge in [0, 0.05) is 16.6 Å². The minimum atomic E-state index is 0.386. The van der Waals surface area contributed by atoms with Crippen LogP contribution in [0, 0.1) is 0 Å². The van der Waals surface area contributed by atoms with Crippen molar-refractivity contribution in [1.29, 1.82) is 0 Å². The molecule has 74 valence electrons. The Kier molecular flexibility index (Phi) is 2.66. The monoisotopic (exact) mass is 228 g/mol. The van der Waals surface area contributed by atoms with E-state index in [1.807, 2.05) is 12.1 Å². The average Bonchev–Trinajstić information content (AvgIpc) is 2.51.